The van der Waals surface area contributed by atoms with Gasteiger partial charge in [0.25, 0.3) is 0 Å². The van der Waals surface area contributed by atoms with E-state index in [0.717, 1.165) is 24.8 Å². The maximum absolute atomic E-state index is 12.8. The van der Waals surface area contributed by atoms with Crippen LogP contribution in [0.1, 0.15) is 57.4 Å². The average Bonchev–Trinajstić information content (AvgIpc) is 2.67. The van der Waals surface area contributed by atoms with Crippen LogP contribution in [0.4, 0.5) is 0 Å². The molecule has 0 heterocycles. The van der Waals surface area contributed by atoms with Crippen molar-refractivity contribution in [2.24, 2.45) is 11.7 Å². The van der Waals surface area contributed by atoms with Crippen molar-refractivity contribution in [3.05, 3.63) is 35.9 Å². The first kappa shape index (κ1) is 23.4. The summed E-state index contributed by atoms with van der Waals surface area (Å²) < 4.78 is 0. The third-order valence-corrected chi connectivity index (χ3v) is 5.24. The lowest BCUT2D eigenvalue weighted by molar-refractivity contribution is -0.129. The van der Waals surface area contributed by atoms with Crippen molar-refractivity contribution in [1.82, 2.24) is 10.6 Å². The van der Waals surface area contributed by atoms with Crippen molar-refractivity contribution in [2.75, 3.05) is 6.54 Å². The highest BCUT2D eigenvalue weighted by Gasteiger charge is 2.27. The molecule has 2 unspecified atom stereocenters. The number of benzene rings is 1. The molecule has 2 rings (SSSR count). The van der Waals surface area contributed by atoms with Crippen molar-refractivity contribution in [1.29, 1.82) is 0 Å². The fourth-order valence-electron chi connectivity index (χ4n) is 3.77. The zero-order valence-electron chi connectivity index (χ0n) is 16.3. The molecule has 1 fully saturated rings. The van der Waals surface area contributed by atoms with Crippen LogP contribution in [0.15, 0.2) is 30.3 Å². The predicted molar refractivity (Wildman–Crippen MR) is 112 cm³/mol. The molecule has 1 saturated carbocycles. The maximum atomic E-state index is 12.8. The molecule has 1 aliphatic carbocycles. The fraction of sp³-hybridized carbons (Fsp3) is 0.619. The summed E-state index contributed by atoms with van der Waals surface area (Å²) in [5, 5.41) is 6.02. The fourth-order valence-corrected chi connectivity index (χ4v) is 3.77. The van der Waals surface area contributed by atoms with Crippen molar-refractivity contribution in [3.63, 3.8) is 0 Å². The molecule has 4 N–H and O–H groups in total. The Morgan fingerprint density at radius 2 is 1.78 bits per heavy atom. The van der Waals surface area contributed by atoms with Gasteiger partial charge in [-0.15, -0.1) is 12.4 Å². The van der Waals surface area contributed by atoms with Gasteiger partial charge in [-0.1, -0.05) is 62.9 Å². The van der Waals surface area contributed by atoms with E-state index >= 15 is 0 Å². The first-order valence-electron chi connectivity index (χ1n) is 9.97. The van der Waals surface area contributed by atoms with E-state index in [1.54, 1.807) is 0 Å². The average molecular weight is 396 g/mol. The van der Waals surface area contributed by atoms with Crippen LogP contribution in [0.25, 0.3) is 0 Å². The van der Waals surface area contributed by atoms with E-state index < -0.39 is 6.04 Å². The number of halogens is 1. The van der Waals surface area contributed by atoms with Crippen molar-refractivity contribution in [2.45, 2.75) is 70.4 Å². The zero-order chi connectivity index (χ0) is 18.8. The van der Waals surface area contributed by atoms with Crippen LogP contribution < -0.4 is 16.4 Å². The Kier molecular flexibility index (Phi) is 11.1. The first-order chi connectivity index (χ1) is 12.6. The van der Waals surface area contributed by atoms with Gasteiger partial charge in [-0.05, 0) is 30.7 Å². The van der Waals surface area contributed by atoms with Crippen LogP contribution in [-0.2, 0) is 16.0 Å². The Hall–Kier alpha value is -1.59. The SMILES string of the molecule is CCCC(NC(=O)Cc1ccccc1)C(=O)NC(CN)C1CCCCC1.Cl. The molecular formula is C21H34ClN3O2. The van der Waals surface area contributed by atoms with Gasteiger partial charge in [0.15, 0.2) is 0 Å². The van der Waals surface area contributed by atoms with Crippen molar-refractivity contribution < 1.29 is 9.59 Å². The van der Waals surface area contributed by atoms with E-state index in [1.165, 1.54) is 19.3 Å². The quantitative estimate of drug-likeness (QED) is 0.601. The molecule has 6 heteroatoms. The van der Waals surface area contributed by atoms with Gasteiger partial charge in [0.2, 0.25) is 11.8 Å². The van der Waals surface area contributed by atoms with Gasteiger partial charge in [0, 0.05) is 12.6 Å². The number of rotatable bonds is 9. The molecule has 1 aromatic rings. The molecule has 0 aromatic heterocycles. The summed E-state index contributed by atoms with van der Waals surface area (Å²) in [6.07, 6.45) is 7.70. The molecule has 27 heavy (non-hydrogen) atoms. The highest BCUT2D eigenvalue weighted by atomic mass is 35.5. The predicted octanol–water partition coefficient (Wildman–Crippen LogP) is 2.96. The number of carbonyl (C=O) groups is 2. The standard InChI is InChI=1S/C21H33N3O2.ClH/c1-2-9-18(23-20(25)14-16-10-5-3-6-11-16)21(26)24-19(15-22)17-12-7-4-8-13-17;/h3,5-6,10-11,17-19H,2,4,7-9,12-15,22H2,1H3,(H,23,25)(H,24,26);1H. The van der Waals surface area contributed by atoms with Gasteiger partial charge in [0.05, 0.1) is 6.42 Å². The number of nitrogens with two attached hydrogens (primary N) is 1. The second-order valence-corrected chi connectivity index (χ2v) is 7.32. The summed E-state index contributed by atoms with van der Waals surface area (Å²) in [5.41, 5.74) is 6.87. The second-order valence-electron chi connectivity index (χ2n) is 7.32. The smallest absolute Gasteiger partial charge is 0.242 e. The molecule has 0 saturated heterocycles. The summed E-state index contributed by atoms with van der Waals surface area (Å²) in [6, 6.07) is 9.10. The molecule has 5 nitrogen and oxygen atoms in total. The van der Waals surface area contributed by atoms with Crippen LogP contribution in [0.2, 0.25) is 0 Å². The lowest BCUT2D eigenvalue weighted by Crippen LogP contribution is -2.53. The largest absolute Gasteiger partial charge is 0.350 e. The minimum Gasteiger partial charge on any atom is -0.350 e. The van der Waals surface area contributed by atoms with Crippen LogP contribution in [0.3, 0.4) is 0 Å². The highest BCUT2D eigenvalue weighted by molar-refractivity contribution is 5.88. The molecule has 0 bridgehead atoms. The second kappa shape index (κ2) is 12.7. The minimum atomic E-state index is -0.492. The molecule has 0 spiro atoms. The Labute approximate surface area is 169 Å². The molecule has 2 atom stereocenters. The zero-order valence-corrected chi connectivity index (χ0v) is 17.1. The molecule has 0 radical (unpaired) electrons. The lowest BCUT2D eigenvalue weighted by atomic mass is 9.83. The number of hydrogen-bond donors (Lipinski definition) is 3. The Balaban J connectivity index is 0.00000364. The van der Waals surface area contributed by atoms with Gasteiger partial charge in [-0.25, -0.2) is 0 Å². The Morgan fingerprint density at radius 3 is 2.37 bits per heavy atom. The highest BCUT2D eigenvalue weighted by Crippen LogP contribution is 2.26. The first-order valence-corrected chi connectivity index (χ1v) is 9.97. The van der Waals surface area contributed by atoms with Crippen molar-refractivity contribution >= 4 is 24.2 Å². The van der Waals surface area contributed by atoms with E-state index in [0.29, 0.717) is 18.9 Å². The number of amides is 2. The minimum absolute atomic E-state index is 0. The monoisotopic (exact) mass is 395 g/mol. The Bertz CT molecular complexity index is 562. The van der Waals surface area contributed by atoms with E-state index in [4.69, 9.17) is 5.73 Å². The third kappa shape index (κ3) is 7.89. The van der Waals surface area contributed by atoms with Gasteiger partial charge in [-0.2, -0.15) is 0 Å². The lowest BCUT2D eigenvalue weighted by Gasteiger charge is -2.31. The van der Waals surface area contributed by atoms with Crippen molar-refractivity contribution in [3.8, 4) is 0 Å². The normalized spacial score (nSPS) is 16.7. The van der Waals surface area contributed by atoms with E-state index in [9.17, 15) is 9.59 Å². The Morgan fingerprint density at radius 1 is 1.11 bits per heavy atom. The van der Waals surface area contributed by atoms with Gasteiger partial charge in [0.1, 0.15) is 6.04 Å². The molecule has 0 aliphatic heterocycles. The van der Waals surface area contributed by atoms with Gasteiger partial charge >= 0.3 is 0 Å². The van der Waals surface area contributed by atoms with Gasteiger partial charge in [-0.3, -0.25) is 9.59 Å². The van der Waals surface area contributed by atoms with Crippen LogP contribution >= 0.6 is 12.4 Å². The topological polar surface area (TPSA) is 84.2 Å². The number of hydrogen-bond acceptors (Lipinski definition) is 3. The molecule has 2 amide bonds. The van der Waals surface area contributed by atoms with Crippen LogP contribution in [-0.4, -0.2) is 30.4 Å². The molecule has 1 aromatic carbocycles. The summed E-state index contributed by atoms with van der Waals surface area (Å²) in [7, 11) is 0. The summed E-state index contributed by atoms with van der Waals surface area (Å²) in [4.78, 5) is 25.1. The summed E-state index contributed by atoms with van der Waals surface area (Å²) in [6.45, 7) is 2.47. The van der Waals surface area contributed by atoms with Crippen LogP contribution in [0.5, 0.6) is 0 Å². The summed E-state index contributed by atoms with van der Waals surface area (Å²) >= 11 is 0. The van der Waals surface area contributed by atoms with Crippen LogP contribution in [0, 0.1) is 5.92 Å². The number of nitrogens with one attached hydrogen (secondary N) is 2. The molecule has 152 valence electrons. The van der Waals surface area contributed by atoms with E-state index in [1.807, 2.05) is 37.3 Å². The molecular weight excluding hydrogens is 362 g/mol. The number of carbonyl (C=O) groups excluding carboxylic acids is 2. The van der Waals surface area contributed by atoms with E-state index in [-0.39, 0.29) is 36.7 Å². The molecule has 1 aliphatic rings. The maximum Gasteiger partial charge on any atom is 0.242 e. The summed E-state index contributed by atoms with van der Waals surface area (Å²) in [5.74, 6) is 0.237. The third-order valence-electron chi connectivity index (χ3n) is 5.24. The van der Waals surface area contributed by atoms with Gasteiger partial charge < -0.3 is 16.4 Å². The van der Waals surface area contributed by atoms with E-state index in [2.05, 4.69) is 10.6 Å².